The van der Waals surface area contributed by atoms with Gasteiger partial charge in [0, 0.05) is 0 Å². The topological polar surface area (TPSA) is 41.8 Å². The molecule has 0 aromatic carbocycles. The first-order valence-electron chi connectivity index (χ1n) is 2.72. The van der Waals surface area contributed by atoms with Crippen molar-refractivity contribution in [3.63, 3.8) is 0 Å². The van der Waals surface area contributed by atoms with Crippen molar-refractivity contribution in [2.24, 2.45) is 5.16 Å². The van der Waals surface area contributed by atoms with Crippen molar-refractivity contribution in [3.05, 3.63) is 0 Å². The van der Waals surface area contributed by atoms with E-state index in [0.29, 0.717) is 6.61 Å². The zero-order valence-electron chi connectivity index (χ0n) is 4.63. The fourth-order valence-corrected chi connectivity index (χ4v) is 0.631. The van der Waals surface area contributed by atoms with Gasteiger partial charge in [-0.2, -0.15) is 0 Å². The van der Waals surface area contributed by atoms with E-state index in [1.54, 1.807) is 0 Å². The van der Waals surface area contributed by atoms with Gasteiger partial charge in [0.05, 0.1) is 12.3 Å². The molecule has 0 bridgehead atoms. The van der Waals surface area contributed by atoms with Crippen LogP contribution in [0.25, 0.3) is 0 Å². The molecule has 0 fully saturated rings. The number of hydrogen-bond donors (Lipinski definition) is 1. The van der Waals surface area contributed by atoms with Crippen LogP contribution >= 0.6 is 0 Å². The zero-order chi connectivity index (χ0) is 5.82. The van der Waals surface area contributed by atoms with Crippen LogP contribution in [0.1, 0.15) is 12.8 Å². The van der Waals surface area contributed by atoms with E-state index in [1.807, 2.05) is 0 Å². The molecule has 0 saturated heterocycles. The van der Waals surface area contributed by atoms with Crippen molar-refractivity contribution < 1.29 is 9.94 Å². The minimum atomic E-state index is 0.0417. The van der Waals surface area contributed by atoms with Crippen molar-refractivity contribution in [1.29, 1.82) is 0 Å². The molecule has 1 rings (SSSR count). The summed E-state index contributed by atoms with van der Waals surface area (Å²) in [6.07, 6.45) is 1.87. The third-order valence-corrected chi connectivity index (χ3v) is 1.08. The van der Waals surface area contributed by atoms with Crippen molar-refractivity contribution in [3.8, 4) is 0 Å². The lowest BCUT2D eigenvalue weighted by molar-refractivity contribution is 0.127. The van der Waals surface area contributed by atoms with Crippen LogP contribution in [0.4, 0.5) is 0 Å². The highest BCUT2D eigenvalue weighted by Gasteiger charge is 2.02. The molecule has 0 spiro atoms. The van der Waals surface area contributed by atoms with Crippen LogP contribution < -0.4 is 0 Å². The van der Waals surface area contributed by atoms with Crippen LogP contribution in [0, 0.1) is 0 Å². The Morgan fingerprint density at radius 1 is 1.75 bits per heavy atom. The summed E-state index contributed by atoms with van der Waals surface area (Å²) in [5.41, 5.74) is 0.760. The molecule has 1 aliphatic rings. The van der Waals surface area contributed by atoms with Gasteiger partial charge in [-0.3, -0.25) is 0 Å². The van der Waals surface area contributed by atoms with Gasteiger partial charge in [-0.05, 0) is 12.8 Å². The molecular weight excluding hydrogens is 106 g/mol. The second-order valence-corrected chi connectivity index (χ2v) is 1.75. The van der Waals surface area contributed by atoms with Crippen LogP contribution in [-0.4, -0.2) is 24.0 Å². The highest BCUT2D eigenvalue weighted by Crippen LogP contribution is 2.00. The molecule has 0 aromatic rings. The molecule has 0 aromatic heterocycles. The van der Waals surface area contributed by atoms with Crippen molar-refractivity contribution in [2.75, 3.05) is 13.2 Å². The molecule has 1 N–H and O–H groups in total. The Bertz CT molecular complexity index is 101. The van der Waals surface area contributed by atoms with Gasteiger partial charge in [0.25, 0.3) is 0 Å². The number of oxime groups is 1. The highest BCUT2D eigenvalue weighted by molar-refractivity contribution is 5.85. The standard InChI is InChI=1S/C5H9NO2/c7-4-5-2-1-3-8-6-5/h7H,1-4H2. The molecule has 8 heavy (non-hydrogen) atoms. The minimum Gasteiger partial charge on any atom is -0.396 e. The lowest BCUT2D eigenvalue weighted by Crippen LogP contribution is -2.11. The second-order valence-electron chi connectivity index (χ2n) is 1.75. The molecule has 3 nitrogen and oxygen atoms in total. The molecule has 0 unspecified atom stereocenters. The predicted molar refractivity (Wildman–Crippen MR) is 29.7 cm³/mol. The Kier molecular flexibility index (Phi) is 1.86. The Morgan fingerprint density at radius 2 is 2.62 bits per heavy atom. The van der Waals surface area contributed by atoms with E-state index in [9.17, 15) is 0 Å². The van der Waals surface area contributed by atoms with E-state index in [1.165, 1.54) is 0 Å². The first-order chi connectivity index (χ1) is 3.93. The van der Waals surface area contributed by atoms with Gasteiger partial charge in [-0.25, -0.2) is 0 Å². The van der Waals surface area contributed by atoms with Gasteiger partial charge in [0.2, 0.25) is 0 Å². The lowest BCUT2D eigenvalue weighted by atomic mass is 10.2. The largest absolute Gasteiger partial charge is 0.396 e. The maximum Gasteiger partial charge on any atom is 0.117 e. The molecule has 1 heterocycles. The van der Waals surface area contributed by atoms with Crippen LogP contribution in [0.2, 0.25) is 0 Å². The first kappa shape index (κ1) is 5.56. The zero-order valence-corrected chi connectivity index (χ0v) is 4.63. The highest BCUT2D eigenvalue weighted by atomic mass is 16.6. The van der Waals surface area contributed by atoms with E-state index in [2.05, 4.69) is 5.16 Å². The van der Waals surface area contributed by atoms with E-state index >= 15 is 0 Å². The van der Waals surface area contributed by atoms with Crippen molar-refractivity contribution >= 4 is 5.71 Å². The molecule has 3 heteroatoms. The second kappa shape index (κ2) is 2.67. The quantitative estimate of drug-likeness (QED) is 0.528. The summed E-state index contributed by atoms with van der Waals surface area (Å²) in [5, 5.41) is 12.1. The summed E-state index contributed by atoms with van der Waals surface area (Å²) < 4.78 is 0. The van der Waals surface area contributed by atoms with Crippen molar-refractivity contribution in [2.45, 2.75) is 12.8 Å². The van der Waals surface area contributed by atoms with E-state index in [-0.39, 0.29) is 6.61 Å². The lowest BCUT2D eigenvalue weighted by Gasteiger charge is -2.07. The van der Waals surface area contributed by atoms with Gasteiger partial charge in [-0.1, -0.05) is 5.16 Å². The minimum absolute atomic E-state index is 0.0417. The Morgan fingerprint density at radius 3 is 3.00 bits per heavy atom. The van der Waals surface area contributed by atoms with E-state index in [4.69, 9.17) is 9.94 Å². The maximum absolute atomic E-state index is 8.48. The number of hydrogen-bond acceptors (Lipinski definition) is 3. The summed E-state index contributed by atoms with van der Waals surface area (Å²) in [4.78, 5) is 4.70. The summed E-state index contributed by atoms with van der Waals surface area (Å²) in [6.45, 7) is 0.740. The molecule has 1 aliphatic heterocycles. The van der Waals surface area contributed by atoms with Gasteiger partial charge in [0.1, 0.15) is 6.61 Å². The van der Waals surface area contributed by atoms with Crippen LogP contribution in [0.3, 0.4) is 0 Å². The van der Waals surface area contributed by atoms with E-state index in [0.717, 1.165) is 18.6 Å². The molecule has 0 amide bonds. The molecule has 46 valence electrons. The fourth-order valence-electron chi connectivity index (χ4n) is 0.631. The van der Waals surface area contributed by atoms with Gasteiger partial charge < -0.3 is 9.94 Å². The molecular formula is C5H9NO2. The van der Waals surface area contributed by atoms with Crippen molar-refractivity contribution in [1.82, 2.24) is 0 Å². The Balaban J connectivity index is 2.37. The van der Waals surface area contributed by atoms with Crippen LogP contribution in [-0.2, 0) is 4.84 Å². The number of rotatable bonds is 1. The van der Waals surface area contributed by atoms with Gasteiger partial charge in [0.15, 0.2) is 0 Å². The average molecular weight is 115 g/mol. The number of aliphatic hydroxyl groups excluding tert-OH is 1. The molecule has 0 atom stereocenters. The summed E-state index contributed by atoms with van der Waals surface area (Å²) in [6, 6.07) is 0. The SMILES string of the molecule is OCC1=NOCCC1. The first-order valence-corrected chi connectivity index (χ1v) is 2.72. The van der Waals surface area contributed by atoms with Crippen LogP contribution in [0.15, 0.2) is 5.16 Å². The summed E-state index contributed by atoms with van der Waals surface area (Å²) in [7, 11) is 0. The Labute approximate surface area is 48.0 Å². The Hall–Kier alpha value is -0.570. The summed E-state index contributed by atoms with van der Waals surface area (Å²) in [5.74, 6) is 0. The summed E-state index contributed by atoms with van der Waals surface area (Å²) >= 11 is 0. The smallest absolute Gasteiger partial charge is 0.117 e. The van der Waals surface area contributed by atoms with Crippen LogP contribution in [0.5, 0.6) is 0 Å². The normalized spacial score (nSPS) is 19.4. The fraction of sp³-hybridized carbons (Fsp3) is 0.800. The van der Waals surface area contributed by atoms with E-state index < -0.39 is 0 Å². The number of aliphatic hydroxyl groups is 1. The van der Waals surface area contributed by atoms with Gasteiger partial charge >= 0.3 is 0 Å². The monoisotopic (exact) mass is 115 g/mol. The molecule has 0 aliphatic carbocycles. The third-order valence-electron chi connectivity index (χ3n) is 1.08. The third kappa shape index (κ3) is 1.20. The molecule has 0 saturated carbocycles. The number of nitrogens with zero attached hydrogens (tertiary/aromatic N) is 1. The van der Waals surface area contributed by atoms with Gasteiger partial charge in [-0.15, -0.1) is 0 Å². The predicted octanol–water partition coefficient (Wildman–Crippen LogP) is 0.145. The average Bonchev–Trinajstić information content (AvgIpc) is 1.90. The maximum atomic E-state index is 8.48. The molecule has 0 radical (unpaired) electrons.